The standard InChI is InChI=1S/C67H111N5O49/c1-16(81)68-31-21(86)6-67(66(103)104,120-54(31)36(88)22(87)7-73)121-57-40(92)26(11-77)110-65(49(57)101)117-53-35(72-20(5)85)58(102)106-30(41(53)93)15-105-59-32(69-17(2)82)42(94)50(27(12-78)111-59)115-63-47(99)55(38(90)24(9-75)108-63)119-61-34(71-19(4)84)44(96)52(29(14-80)113-61)116-64-48(100)56(39(91)25(10-76)109-64)118-60-33(70-18(3)83)43(95)51(28(13-79)112-60)114-62-46(98)45(97)37(89)23(8-74)107-62/h21-65,73-80,86-102H,6-15H2,1-5H3,(H,68,81)(H,69,82)(H,70,83)(H,71,84)(H,72,85)(H,103,104)/t21-,22+,23+,24+,25+,26+,27+,28+,29+,30+,31+,32+,33+,34+,35+,36+,37-,38-,39-,40-,41-,42+,43+,44+,45-,46+,47+,48+,49+,50+,51+,52+,53+,54+,55-,56-,57-,58-,59+,60-,61-,62-,63-,64-,65-,67-/m0/s1. The minimum atomic E-state index is -3.27. The van der Waals surface area contributed by atoms with Gasteiger partial charge in [0.2, 0.25) is 29.5 Å². The fourth-order valence-corrected chi connectivity index (χ4v) is 15.6. The van der Waals surface area contributed by atoms with Crippen LogP contribution in [0.1, 0.15) is 41.0 Å². The number of aliphatic hydroxyl groups excluding tert-OH is 25. The second-order valence-electron chi connectivity index (χ2n) is 30.3. The first-order chi connectivity index (χ1) is 57.1. The highest BCUT2D eigenvalue weighted by Gasteiger charge is 2.63. The molecule has 0 aromatic heterocycles. The molecule has 9 rings (SSSR count). The number of carbonyl (C=O) groups excluding carboxylic acids is 5. The van der Waals surface area contributed by atoms with Crippen LogP contribution in [0.5, 0.6) is 0 Å². The maximum atomic E-state index is 13.2. The van der Waals surface area contributed by atoms with Crippen molar-refractivity contribution in [2.45, 2.75) is 323 Å². The molecule has 54 nitrogen and oxygen atoms in total. The second-order valence-corrected chi connectivity index (χ2v) is 30.3. The third-order valence-electron chi connectivity index (χ3n) is 21.7. The zero-order valence-electron chi connectivity index (χ0n) is 65.1. The summed E-state index contributed by atoms with van der Waals surface area (Å²) in [7, 11) is 0. The predicted octanol–water partition coefficient (Wildman–Crippen LogP) is -20.7. The molecule has 698 valence electrons. The Morgan fingerprint density at radius 1 is 0.339 bits per heavy atom. The van der Waals surface area contributed by atoms with Crippen molar-refractivity contribution in [1.82, 2.24) is 26.6 Å². The highest BCUT2D eigenvalue weighted by molar-refractivity contribution is 5.77. The van der Waals surface area contributed by atoms with Crippen LogP contribution in [0.15, 0.2) is 0 Å². The number of carboxylic acid groups (broad SMARTS) is 1. The number of ether oxygens (including phenoxy) is 17. The van der Waals surface area contributed by atoms with E-state index in [0.29, 0.717) is 0 Å². The topological polar surface area (TPSA) is 845 Å². The summed E-state index contributed by atoms with van der Waals surface area (Å²) < 4.78 is 99.1. The smallest absolute Gasteiger partial charge is 0.364 e. The average molecular weight is 1770 g/mol. The van der Waals surface area contributed by atoms with E-state index >= 15 is 0 Å². The molecule has 0 bridgehead atoms. The molecule has 0 radical (unpaired) electrons. The van der Waals surface area contributed by atoms with Crippen LogP contribution in [-0.2, 0) is 109 Å². The molecule has 54 heteroatoms. The van der Waals surface area contributed by atoms with Gasteiger partial charge >= 0.3 is 5.97 Å². The number of hydrogen-bond acceptors (Lipinski definition) is 48. The average Bonchev–Trinajstić information content (AvgIpc) is 0.754. The largest absolute Gasteiger partial charge is 0.477 e. The predicted molar refractivity (Wildman–Crippen MR) is 372 cm³/mol. The Balaban J connectivity index is 0.891. The Morgan fingerprint density at radius 2 is 0.653 bits per heavy atom. The van der Waals surface area contributed by atoms with Gasteiger partial charge in [-0.2, -0.15) is 0 Å². The van der Waals surface area contributed by atoms with Gasteiger partial charge in [0, 0.05) is 41.0 Å². The van der Waals surface area contributed by atoms with E-state index in [1.165, 1.54) is 0 Å². The first-order valence-electron chi connectivity index (χ1n) is 38.3. The van der Waals surface area contributed by atoms with Crippen LogP contribution in [0.25, 0.3) is 0 Å². The van der Waals surface area contributed by atoms with E-state index in [-0.39, 0.29) is 0 Å². The molecule has 9 heterocycles. The van der Waals surface area contributed by atoms with Gasteiger partial charge in [0.1, 0.15) is 213 Å². The van der Waals surface area contributed by atoms with Gasteiger partial charge in [-0.1, -0.05) is 0 Å². The maximum Gasteiger partial charge on any atom is 0.364 e. The molecule has 9 aliphatic heterocycles. The number of amides is 5. The molecule has 0 aromatic carbocycles. The summed E-state index contributed by atoms with van der Waals surface area (Å²) in [4.78, 5) is 76.6. The lowest BCUT2D eigenvalue weighted by atomic mass is 9.88. The van der Waals surface area contributed by atoms with E-state index in [2.05, 4.69) is 26.6 Å². The molecule has 9 saturated heterocycles. The van der Waals surface area contributed by atoms with Gasteiger partial charge in [0.15, 0.2) is 50.3 Å². The van der Waals surface area contributed by atoms with Gasteiger partial charge in [0.05, 0.1) is 71.6 Å². The lowest BCUT2D eigenvalue weighted by Crippen LogP contribution is -2.71. The summed E-state index contributed by atoms with van der Waals surface area (Å²) in [6, 6.07) is -9.26. The third-order valence-corrected chi connectivity index (χ3v) is 21.7. The summed E-state index contributed by atoms with van der Waals surface area (Å²) >= 11 is 0. The minimum Gasteiger partial charge on any atom is -0.477 e. The van der Waals surface area contributed by atoms with Crippen molar-refractivity contribution in [3.8, 4) is 0 Å². The Morgan fingerprint density at radius 3 is 1.03 bits per heavy atom. The van der Waals surface area contributed by atoms with Crippen LogP contribution in [-0.4, -0.2) is 509 Å². The SMILES string of the molecule is CC(=O)N[C@@H]1[C@@H](O[C@@H]2O[C@H](CO)[C@H](O)[C@H](O[C@]3(C(=O)O)C[C@H](O)[C@@H](NC(C)=O)[C@H]([C@H](O)[C@H](O)CO)O3)[C@H]2O)[C@@H](O)[C@@H](CO[C@@H]2O[C@H](CO)[C@@H](O[C@@H]3O[C@H](CO)[C@H](O)[C@H](O[C@@H]4O[C@H](CO)[C@@H](O[C@@H]5O[C@H](CO)[C@H](O)[C@H](O[C@@H]6O[C@H](CO)[C@@H](O[C@@H]7O[C@H](CO)[C@H](O)[C@H](O)[C@H]7O)[C@H](O)[C@H]6NC(C)=O)[C@H]5O)[C@H](O)[C@H]4NC(C)=O)[C@H]3O)[C@H](O)[C@H]2NC(C)=O)O[C@@H]1O. The Bertz CT molecular complexity index is 3340. The number of carboxylic acids is 1. The number of carbonyl (C=O) groups is 6. The van der Waals surface area contributed by atoms with Gasteiger partial charge in [0.25, 0.3) is 5.79 Å². The lowest BCUT2D eigenvalue weighted by Gasteiger charge is -2.51. The van der Waals surface area contributed by atoms with Crippen LogP contribution in [0.2, 0.25) is 0 Å². The van der Waals surface area contributed by atoms with E-state index in [4.69, 9.17) is 80.5 Å². The van der Waals surface area contributed by atoms with Crippen LogP contribution in [0.4, 0.5) is 0 Å². The molecule has 0 saturated carbocycles. The second kappa shape index (κ2) is 43.3. The maximum absolute atomic E-state index is 13.2. The number of hydrogen-bond donors (Lipinski definition) is 31. The van der Waals surface area contributed by atoms with Crippen LogP contribution in [0.3, 0.4) is 0 Å². The van der Waals surface area contributed by atoms with E-state index in [0.717, 1.165) is 34.6 Å². The van der Waals surface area contributed by atoms with Crippen molar-refractivity contribution >= 4 is 35.5 Å². The molecule has 9 fully saturated rings. The third kappa shape index (κ3) is 22.3. The Kier molecular flexibility index (Phi) is 35.7. The number of rotatable bonds is 33. The number of nitrogens with one attached hydrogen (secondary N) is 5. The Labute approximate surface area is 684 Å². The summed E-state index contributed by atoms with van der Waals surface area (Å²) in [5.74, 6) is -9.97. The van der Waals surface area contributed by atoms with Crippen molar-refractivity contribution in [3.63, 3.8) is 0 Å². The summed E-state index contributed by atoms with van der Waals surface area (Å²) in [6.45, 7) is -5.23. The van der Waals surface area contributed by atoms with Crippen molar-refractivity contribution in [2.24, 2.45) is 0 Å². The molecular weight excluding hydrogens is 1660 g/mol. The molecule has 46 atom stereocenters. The summed E-state index contributed by atoms with van der Waals surface area (Å²) in [5.41, 5.74) is 0. The summed E-state index contributed by atoms with van der Waals surface area (Å²) in [6.07, 6.45) is -84.6. The van der Waals surface area contributed by atoms with Crippen LogP contribution >= 0.6 is 0 Å². The molecule has 0 spiro atoms. The van der Waals surface area contributed by atoms with E-state index < -0.39 is 383 Å². The van der Waals surface area contributed by atoms with Gasteiger partial charge in [-0.3, -0.25) is 24.0 Å². The number of aliphatic hydroxyl groups is 25. The zero-order chi connectivity index (χ0) is 89.6. The molecule has 0 aromatic rings. The molecule has 0 unspecified atom stereocenters. The van der Waals surface area contributed by atoms with Crippen molar-refractivity contribution in [2.75, 3.05) is 59.5 Å². The van der Waals surface area contributed by atoms with Gasteiger partial charge in [-0.25, -0.2) is 4.79 Å². The van der Waals surface area contributed by atoms with E-state index in [9.17, 15) is 162 Å². The molecule has 0 aliphatic carbocycles. The van der Waals surface area contributed by atoms with Crippen molar-refractivity contribution in [3.05, 3.63) is 0 Å². The molecule has 9 aliphatic rings. The normalized spacial score (nSPS) is 46.6. The van der Waals surface area contributed by atoms with Gasteiger partial charge in [-0.05, 0) is 0 Å². The summed E-state index contributed by atoms with van der Waals surface area (Å²) in [5, 5.41) is 300. The molecule has 5 amide bonds. The molecular formula is C67H111N5O49. The van der Waals surface area contributed by atoms with Crippen molar-refractivity contribution < 1.29 is 242 Å². The van der Waals surface area contributed by atoms with E-state index in [1.54, 1.807) is 0 Å². The monoisotopic (exact) mass is 1770 g/mol. The first kappa shape index (κ1) is 99.9. The minimum absolute atomic E-state index is 0.862. The highest BCUT2D eigenvalue weighted by Crippen LogP contribution is 2.42. The fraction of sp³-hybridized carbons (Fsp3) is 0.910. The quantitative estimate of drug-likeness (QED) is 0.0290. The van der Waals surface area contributed by atoms with Gasteiger partial charge in [-0.15, -0.1) is 0 Å². The van der Waals surface area contributed by atoms with Crippen LogP contribution in [0, 0.1) is 0 Å². The van der Waals surface area contributed by atoms with Crippen molar-refractivity contribution in [1.29, 1.82) is 0 Å². The number of aliphatic carboxylic acids is 1. The molecule has 31 N–H and O–H groups in total. The fourth-order valence-electron chi connectivity index (χ4n) is 15.6. The first-order valence-corrected chi connectivity index (χ1v) is 38.3. The highest BCUT2D eigenvalue weighted by atomic mass is 16.8. The Hall–Kier alpha value is -4.86. The zero-order valence-corrected chi connectivity index (χ0v) is 65.1. The van der Waals surface area contributed by atoms with Crippen LogP contribution < -0.4 is 26.6 Å². The van der Waals surface area contributed by atoms with E-state index in [1.807, 2.05) is 0 Å². The lowest BCUT2D eigenvalue weighted by molar-refractivity contribution is -0.386. The molecule has 121 heavy (non-hydrogen) atoms. The van der Waals surface area contributed by atoms with Gasteiger partial charge < -0.3 is 240 Å².